The molecule has 0 N–H and O–H groups in total. The number of unbranched alkanes of at least 4 members (excludes halogenated alkanes) is 6. The Hall–Kier alpha value is -2.20. The highest BCUT2D eigenvalue weighted by Crippen LogP contribution is 2.46. The number of aryl methyl sites for hydroxylation is 2. The minimum absolute atomic E-state index is 1.20. The Morgan fingerprint density at radius 2 is 1.30 bits per heavy atom. The summed E-state index contributed by atoms with van der Waals surface area (Å²) in [6.45, 7) is 4.57. The zero-order valence-corrected chi connectivity index (χ0v) is 24.5. The second-order valence-corrected chi connectivity index (χ2v) is 13.8. The fraction of sp³-hybridized carbons (Fsp3) is 0.353. The fourth-order valence-electron chi connectivity index (χ4n) is 5.51. The first-order chi connectivity index (χ1) is 18.2. The summed E-state index contributed by atoms with van der Waals surface area (Å²) in [5.41, 5.74) is 2.85. The number of benzene rings is 3. The van der Waals surface area contributed by atoms with Gasteiger partial charge in [0.2, 0.25) is 0 Å². The molecule has 0 saturated heterocycles. The monoisotopic (exact) mass is 540 g/mol. The Bertz CT molecular complexity index is 1660. The molecule has 0 saturated carbocycles. The lowest BCUT2D eigenvalue weighted by Crippen LogP contribution is -1.85. The van der Waals surface area contributed by atoms with Crippen molar-refractivity contribution < 1.29 is 0 Å². The smallest absolute Gasteiger partial charge is 0.0542 e. The highest BCUT2D eigenvalue weighted by molar-refractivity contribution is 7.36. The van der Waals surface area contributed by atoms with E-state index in [9.17, 15) is 0 Å². The summed E-state index contributed by atoms with van der Waals surface area (Å²) in [6, 6.07) is 23.8. The van der Waals surface area contributed by atoms with Gasteiger partial charge in [0.15, 0.2) is 0 Å². The van der Waals surface area contributed by atoms with E-state index in [2.05, 4.69) is 74.5 Å². The normalized spacial score (nSPS) is 12.1. The standard InChI is InChI=1S/C34H36S3/c1-3-5-7-9-11-23-13-17-31-28(19-23)33-34(36-31)29-21-26-20-25(15-14-24(26)22-32(29)37-33)30-18-16-27(35-30)12-10-8-6-4-2/h13-22H,3-12H2,1-2H3. The molecular weight excluding hydrogens is 505 g/mol. The average molecular weight is 541 g/mol. The molecule has 0 aliphatic heterocycles. The van der Waals surface area contributed by atoms with E-state index in [1.54, 1.807) is 0 Å². The van der Waals surface area contributed by atoms with E-state index in [0.717, 1.165) is 0 Å². The molecule has 3 aromatic heterocycles. The molecule has 0 nitrogen and oxygen atoms in total. The van der Waals surface area contributed by atoms with Crippen LogP contribution in [0.2, 0.25) is 0 Å². The first-order valence-corrected chi connectivity index (χ1v) is 16.6. The van der Waals surface area contributed by atoms with Gasteiger partial charge in [-0.05, 0) is 90.0 Å². The Balaban J connectivity index is 1.31. The Kier molecular flexibility index (Phi) is 7.65. The lowest BCUT2D eigenvalue weighted by molar-refractivity contribution is 0.667. The van der Waals surface area contributed by atoms with Gasteiger partial charge in [-0.25, -0.2) is 0 Å². The van der Waals surface area contributed by atoms with Crippen LogP contribution in [0.5, 0.6) is 0 Å². The second kappa shape index (κ2) is 11.3. The van der Waals surface area contributed by atoms with Gasteiger partial charge in [0, 0.05) is 29.9 Å². The zero-order valence-electron chi connectivity index (χ0n) is 22.1. The molecule has 0 bridgehead atoms. The number of fused-ring (bicyclic) bond motifs is 6. The molecule has 0 unspecified atom stereocenters. The molecule has 0 spiro atoms. The number of rotatable bonds is 11. The van der Waals surface area contributed by atoms with E-state index in [1.807, 2.05) is 34.0 Å². The van der Waals surface area contributed by atoms with Gasteiger partial charge in [-0.3, -0.25) is 0 Å². The van der Waals surface area contributed by atoms with E-state index in [4.69, 9.17) is 0 Å². The van der Waals surface area contributed by atoms with Gasteiger partial charge in [-0.15, -0.1) is 34.0 Å². The van der Waals surface area contributed by atoms with Crippen LogP contribution in [0.15, 0.2) is 60.7 Å². The molecule has 0 fully saturated rings. The van der Waals surface area contributed by atoms with Crippen molar-refractivity contribution in [2.45, 2.75) is 78.1 Å². The molecule has 0 aliphatic carbocycles. The van der Waals surface area contributed by atoms with E-state index in [0.29, 0.717) is 0 Å². The van der Waals surface area contributed by atoms with Crippen LogP contribution in [0.4, 0.5) is 0 Å². The van der Waals surface area contributed by atoms with Crippen molar-refractivity contribution in [2.75, 3.05) is 0 Å². The van der Waals surface area contributed by atoms with Gasteiger partial charge in [0.25, 0.3) is 0 Å². The molecule has 0 amide bonds. The summed E-state index contributed by atoms with van der Waals surface area (Å²) in [5.74, 6) is 0. The van der Waals surface area contributed by atoms with Gasteiger partial charge in [-0.2, -0.15) is 0 Å². The van der Waals surface area contributed by atoms with Crippen molar-refractivity contribution in [2.24, 2.45) is 0 Å². The topological polar surface area (TPSA) is 0 Å². The van der Waals surface area contributed by atoms with E-state index < -0.39 is 0 Å². The molecule has 6 aromatic rings. The van der Waals surface area contributed by atoms with Crippen LogP contribution in [0, 0.1) is 0 Å². The van der Waals surface area contributed by atoms with Gasteiger partial charge in [0.05, 0.1) is 9.40 Å². The third-order valence-corrected chi connectivity index (χ3v) is 11.4. The van der Waals surface area contributed by atoms with E-state index >= 15 is 0 Å². The molecule has 3 heteroatoms. The maximum absolute atomic E-state index is 2.48. The van der Waals surface area contributed by atoms with Crippen LogP contribution >= 0.6 is 34.0 Å². The average Bonchev–Trinajstić information content (AvgIpc) is 3.62. The first kappa shape index (κ1) is 25.1. The largest absolute Gasteiger partial charge is 0.140 e. The summed E-state index contributed by atoms with van der Waals surface area (Å²) in [7, 11) is 0. The molecule has 6 rings (SSSR count). The number of hydrogen-bond acceptors (Lipinski definition) is 3. The molecular formula is C34H36S3. The van der Waals surface area contributed by atoms with Gasteiger partial charge in [0.1, 0.15) is 0 Å². The van der Waals surface area contributed by atoms with Gasteiger partial charge in [-0.1, -0.05) is 70.6 Å². The highest BCUT2D eigenvalue weighted by Gasteiger charge is 2.14. The molecule has 0 atom stereocenters. The SMILES string of the molecule is CCCCCCc1ccc2sc3c4cc5cc(-c6ccc(CCCCCC)s6)ccc5cc4sc3c2c1. The third-order valence-electron chi connectivity index (χ3n) is 7.64. The van der Waals surface area contributed by atoms with Crippen LogP contribution in [-0.2, 0) is 12.8 Å². The van der Waals surface area contributed by atoms with Crippen molar-refractivity contribution in [1.82, 2.24) is 0 Å². The molecule has 190 valence electrons. The van der Waals surface area contributed by atoms with Gasteiger partial charge >= 0.3 is 0 Å². The predicted octanol–water partition coefficient (Wildman–Crippen LogP) is 12.4. The maximum Gasteiger partial charge on any atom is 0.0542 e. The Morgan fingerprint density at radius 1 is 0.541 bits per heavy atom. The summed E-state index contributed by atoms with van der Waals surface area (Å²) in [6.07, 6.45) is 13.0. The summed E-state index contributed by atoms with van der Waals surface area (Å²) in [4.78, 5) is 2.92. The number of thiophene rings is 3. The van der Waals surface area contributed by atoms with E-state index in [1.165, 1.54) is 125 Å². The highest BCUT2D eigenvalue weighted by atomic mass is 32.1. The molecule has 3 aromatic carbocycles. The van der Waals surface area contributed by atoms with Gasteiger partial charge < -0.3 is 0 Å². The molecule has 0 aliphatic rings. The second-order valence-electron chi connectivity index (χ2n) is 10.5. The summed E-state index contributed by atoms with van der Waals surface area (Å²) >= 11 is 5.93. The van der Waals surface area contributed by atoms with Crippen molar-refractivity contribution >= 4 is 74.4 Å². The van der Waals surface area contributed by atoms with Crippen molar-refractivity contribution in [1.29, 1.82) is 0 Å². The lowest BCUT2D eigenvalue weighted by Gasteiger charge is -2.03. The van der Waals surface area contributed by atoms with E-state index in [-0.39, 0.29) is 0 Å². The minimum Gasteiger partial charge on any atom is -0.140 e. The molecule has 3 heterocycles. The summed E-state index contributed by atoms with van der Waals surface area (Å²) < 4.78 is 5.80. The van der Waals surface area contributed by atoms with Crippen LogP contribution in [-0.4, -0.2) is 0 Å². The molecule has 0 radical (unpaired) electrons. The maximum atomic E-state index is 2.48. The van der Waals surface area contributed by atoms with Crippen LogP contribution in [0.3, 0.4) is 0 Å². The fourth-order valence-corrected chi connectivity index (χ4v) is 9.20. The lowest BCUT2D eigenvalue weighted by atomic mass is 10.0. The number of hydrogen-bond donors (Lipinski definition) is 0. The Labute approximate surface area is 233 Å². The van der Waals surface area contributed by atoms with Crippen molar-refractivity contribution in [3.05, 3.63) is 71.1 Å². The molecule has 37 heavy (non-hydrogen) atoms. The van der Waals surface area contributed by atoms with Crippen molar-refractivity contribution in [3.8, 4) is 10.4 Å². The Morgan fingerprint density at radius 3 is 2.11 bits per heavy atom. The predicted molar refractivity (Wildman–Crippen MR) is 171 cm³/mol. The van der Waals surface area contributed by atoms with Crippen LogP contribution in [0.1, 0.15) is 75.7 Å². The summed E-state index contributed by atoms with van der Waals surface area (Å²) in [5, 5.41) is 5.60. The zero-order chi connectivity index (χ0) is 25.2. The van der Waals surface area contributed by atoms with Crippen molar-refractivity contribution in [3.63, 3.8) is 0 Å². The van der Waals surface area contributed by atoms with Crippen LogP contribution in [0.25, 0.3) is 50.8 Å². The minimum atomic E-state index is 1.20. The quantitative estimate of drug-likeness (QED) is 0.143. The third kappa shape index (κ3) is 5.24. The first-order valence-electron chi connectivity index (χ1n) is 14.1. The van der Waals surface area contributed by atoms with Crippen LogP contribution < -0.4 is 0 Å².